The van der Waals surface area contributed by atoms with Crippen LogP contribution in [-0.4, -0.2) is 61.2 Å². The number of pyridine rings is 1. The number of hydrogen-bond acceptors (Lipinski definition) is 6. The first-order chi connectivity index (χ1) is 23.7. The van der Waals surface area contributed by atoms with Crippen molar-refractivity contribution in [1.29, 1.82) is 0 Å². The van der Waals surface area contributed by atoms with Crippen molar-refractivity contribution in [2.75, 3.05) is 5.32 Å². The van der Waals surface area contributed by atoms with Gasteiger partial charge in [0.2, 0.25) is 5.91 Å². The highest BCUT2D eigenvalue weighted by atomic mass is 31.2. The van der Waals surface area contributed by atoms with Crippen molar-refractivity contribution in [3.63, 3.8) is 0 Å². The molecule has 0 aliphatic carbocycles. The molecular weight excluding hydrogens is 637 g/mol. The highest BCUT2D eigenvalue weighted by Crippen LogP contribution is 2.49. The van der Waals surface area contributed by atoms with Gasteiger partial charge in [0, 0.05) is 30.8 Å². The van der Waals surface area contributed by atoms with Crippen LogP contribution in [0.5, 0.6) is 0 Å². The van der Waals surface area contributed by atoms with Gasteiger partial charge in [-0.3, -0.25) is 19.4 Å². The minimum Gasteiger partial charge on any atom is -0.477 e. The number of amides is 2. The fourth-order valence-corrected chi connectivity index (χ4v) is 10.8. The number of ketones is 1. The number of benzene rings is 4. The molecule has 1 aliphatic rings. The number of aliphatic carboxylic acids is 1. The van der Waals surface area contributed by atoms with E-state index in [0.29, 0.717) is 11.3 Å². The van der Waals surface area contributed by atoms with Crippen LogP contribution in [0.4, 0.5) is 5.69 Å². The molecule has 0 bridgehead atoms. The van der Waals surface area contributed by atoms with E-state index in [9.17, 15) is 29.4 Å². The Morgan fingerprint density at radius 1 is 0.776 bits per heavy atom. The van der Waals surface area contributed by atoms with Gasteiger partial charge >= 0.3 is 5.97 Å². The van der Waals surface area contributed by atoms with Crippen LogP contribution in [0.1, 0.15) is 34.2 Å². The number of carboxylic acid groups (broad SMARTS) is 1. The van der Waals surface area contributed by atoms with Crippen LogP contribution in [0.2, 0.25) is 0 Å². The zero-order valence-corrected chi connectivity index (χ0v) is 27.5. The maximum absolute atomic E-state index is 14.0. The monoisotopic (exact) mass is 671 g/mol. The molecule has 246 valence electrons. The average molecular weight is 672 g/mol. The van der Waals surface area contributed by atoms with Crippen molar-refractivity contribution in [3.8, 4) is 0 Å². The maximum atomic E-state index is 14.0. The van der Waals surface area contributed by atoms with Crippen LogP contribution in [-0.2, 0) is 9.59 Å². The molecular formula is C39H34N3O6P. The van der Waals surface area contributed by atoms with Gasteiger partial charge < -0.3 is 20.4 Å². The second-order valence-electron chi connectivity index (χ2n) is 11.7. The third kappa shape index (κ3) is 6.34. The van der Waals surface area contributed by atoms with Gasteiger partial charge in [-0.05, 0) is 59.2 Å². The predicted octanol–water partition coefficient (Wildman–Crippen LogP) is 4.32. The normalized spacial score (nSPS) is 16.3. The number of aromatic nitrogens is 1. The Kier molecular flexibility index (Phi) is 9.67. The highest BCUT2D eigenvalue weighted by molar-refractivity contribution is 7.96. The van der Waals surface area contributed by atoms with Gasteiger partial charge in [0.25, 0.3) is 5.91 Å². The summed E-state index contributed by atoms with van der Waals surface area (Å²) in [6, 6.07) is 38.3. The molecule has 5 aromatic rings. The van der Waals surface area contributed by atoms with Crippen molar-refractivity contribution >= 4 is 57.5 Å². The van der Waals surface area contributed by atoms with Crippen LogP contribution in [0, 0.1) is 5.92 Å². The zero-order chi connectivity index (χ0) is 34.5. The number of aliphatic hydroxyl groups is 1. The van der Waals surface area contributed by atoms with E-state index in [1.54, 1.807) is 42.5 Å². The van der Waals surface area contributed by atoms with Gasteiger partial charge in [0.15, 0.2) is 5.78 Å². The quantitative estimate of drug-likeness (QED) is 0.108. The number of likely N-dealkylation sites (tertiary alicyclic amines) is 1. The Hall–Kier alpha value is -5.63. The van der Waals surface area contributed by atoms with Gasteiger partial charge in [0.05, 0.1) is 18.1 Å². The molecule has 10 heteroatoms. The summed E-state index contributed by atoms with van der Waals surface area (Å²) in [4.78, 5) is 59.3. The molecule has 1 aromatic heterocycles. The third-order valence-electron chi connectivity index (χ3n) is 8.71. The fraction of sp³-hybridized carbons (Fsp3) is 0.128. The molecule has 9 nitrogen and oxygen atoms in total. The molecule has 6 rings (SSSR count). The number of anilines is 1. The van der Waals surface area contributed by atoms with Crippen molar-refractivity contribution in [1.82, 2.24) is 9.88 Å². The first kappa shape index (κ1) is 33.3. The fourth-order valence-electron chi connectivity index (χ4n) is 6.49. The van der Waals surface area contributed by atoms with Crippen LogP contribution in [0.25, 0.3) is 0 Å². The molecule has 1 aliphatic heterocycles. The number of β-lactam (4-membered cyclic amide) rings is 1. The largest absolute Gasteiger partial charge is 0.477 e. The molecule has 1 fully saturated rings. The van der Waals surface area contributed by atoms with Crippen molar-refractivity contribution in [2.45, 2.75) is 25.5 Å². The summed E-state index contributed by atoms with van der Waals surface area (Å²) >= 11 is 0. The summed E-state index contributed by atoms with van der Waals surface area (Å²) in [7, 11) is 0. The van der Waals surface area contributed by atoms with E-state index in [0.717, 1.165) is 15.9 Å². The summed E-state index contributed by atoms with van der Waals surface area (Å²) in [6.07, 6.45) is 0.166. The smallest absolute Gasteiger partial charge is 0.353 e. The summed E-state index contributed by atoms with van der Waals surface area (Å²) in [5.74, 6) is -3.57. The molecule has 49 heavy (non-hydrogen) atoms. The standard InChI is InChI=1S/C39H34N3O6P/c1-26(43)35-33(25-34(44)27-20-22-28(23-21-27)41-36(45)32-19-11-12-24-40-32)42(37(35)46)38(39(47)48)49(29-13-5-2-6-14-29,30-15-7-3-8-16-30)31-17-9-4-10-18-31/h2-24,26,33,35,43H,25H2,1H3,(H,41,45)(H,47,48)/t26-,33-,35-/m1/s1. The number of hydrogen-bond donors (Lipinski definition) is 3. The lowest BCUT2D eigenvalue weighted by Gasteiger charge is -2.50. The molecule has 0 saturated carbocycles. The minimum absolute atomic E-state index is 0.122. The van der Waals surface area contributed by atoms with Gasteiger partial charge in [-0.15, -0.1) is 0 Å². The van der Waals surface area contributed by atoms with Crippen LogP contribution < -0.4 is 21.2 Å². The van der Waals surface area contributed by atoms with Crippen LogP contribution in [0.3, 0.4) is 0 Å². The number of carbonyl (C=O) groups is 4. The molecule has 0 radical (unpaired) electrons. The third-order valence-corrected chi connectivity index (χ3v) is 13.0. The average Bonchev–Trinajstić information content (AvgIpc) is 3.13. The molecule has 3 N–H and O–H groups in total. The van der Waals surface area contributed by atoms with E-state index in [-0.39, 0.29) is 23.3 Å². The number of nitrogens with one attached hydrogen (secondary N) is 1. The van der Waals surface area contributed by atoms with Crippen molar-refractivity contribution < 1.29 is 29.4 Å². The summed E-state index contributed by atoms with van der Waals surface area (Å²) in [6.45, 7) is -1.77. The summed E-state index contributed by atoms with van der Waals surface area (Å²) in [5, 5.41) is 26.8. The van der Waals surface area contributed by atoms with Gasteiger partial charge in [0.1, 0.15) is 11.1 Å². The molecule has 2 heterocycles. The van der Waals surface area contributed by atoms with E-state index in [1.807, 2.05) is 91.0 Å². The topological polar surface area (TPSA) is 137 Å². The first-order valence-electron chi connectivity index (χ1n) is 15.8. The van der Waals surface area contributed by atoms with Crippen molar-refractivity contribution in [2.24, 2.45) is 5.92 Å². The Morgan fingerprint density at radius 2 is 1.29 bits per heavy atom. The second-order valence-corrected chi connectivity index (χ2v) is 15.0. The molecule has 0 spiro atoms. The Morgan fingerprint density at radius 3 is 1.73 bits per heavy atom. The lowest BCUT2D eigenvalue weighted by molar-refractivity contribution is -0.156. The Balaban J connectivity index is 1.44. The van der Waals surface area contributed by atoms with E-state index in [1.165, 1.54) is 18.0 Å². The van der Waals surface area contributed by atoms with Gasteiger partial charge in [-0.2, -0.15) is 0 Å². The Bertz CT molecular complexity index is 1930. The highest BCUT2D eigenvalue weighted by Gasteiger charge is 2.55. The number of rotatable bonds is 11. The summed E-state index contributed by atoms with van der Waals surface area (Å²) in [5.41, 5.74) is 0.890. The SMILES string of the molecule is C[C@@H](O)[C@H]1C(=O)N(C(C(=O)O)=P(c2ccccc2)(c2ccccc2)c2ccccc2)[C@@H]1CC(=O)c1ccc(NC(=O)c2ccccn2)cc1. The number of Topliss-reactive ketones (excluding diaryl/α,β-unsaturated/α-hetero) is 1. The van der Waals surface area contributed by atoms with E-state index < -0.39 is 42.7 Å². The van der Waals surface area contributed by atoms with Gasteiger partial charge in [-0.1, -0.05) is 97.1 Å². The van der Waals surface area contributed by atoms with E-state index >= 15 is 0 Å². The van der Waals surface area contributed by atoms with E-state index in [4.69, 9.17) is 0 Å². The number of aliphatic hydroxyl groups excluding tert-OH is 1. The number of carboxylic acids is 1. The lowest BCUT2D eigenvalue weighted by Crippen LogP contribution is -2.68. The minimum atomic E-state index is -3.25. The number of nitrogens with zero attached hydrogens (tertiary/aromatic N) is 2. The molecule has 3 atom stereocenters. The zero-order valence-electron chi connectivity index (χ0n) is 26.6. The van der Waals surface area contributed by atoms with Crippen LogP contribution >= 0.6 is 6.89 Å². The number of carbonyl (C=O) groups excluding carboxylic acids is 3. The van der Waals surface area contributed by atoms with E-state index in [2.05, 4.69) is 10.3 Å². The van der Waals surface area contributed by atoms with Gasteiger partial charge in [-0.25, -0.2) is 4.79 Å². The molecule has 0 unspecified atom stereocenters. The van der Waals surface area contributed by atoms with Crippen molar-refractivity contribution in [3.05, 3.63) is 151 Å². The van der Waals surface area contributed by atoms with Crippen LogP contribution in [0.15, 0.2) is 140 Å². The molecule has 1 saturated heterocycles. The Labute approximate surface area is 283 Å². The second kappa shape index (κ2) is 14.2. The first-order valence-corrected chi connectivity index (χ1v) is 17.6. The molecule has 2 amide bonds. The molecule has 4 aromatic carbocycles. The maximum Gasteiger partial charge on any atom is 0.353 e. The summed E-state index contributed by atoms with van der Waals surface area (Å²) < 4.78 is 0. The predicted molar refractivity (Wildman–Crippen MR) is 191 cm³/mol. The lowest BCUT2D eigenvalue weighted by atomic mass is 9.79.